The second kappa shape index (κ2) is 10.5. The van der Waals surface area contributed by atoms with Gasteiger partial charge in [-0.3, -0.25) is 4.90 Å². The zero-order valence-corrected chi connectivity index (χ0v) is 20.2. The van der Waals surface area contributed by atoms with Gasteiger partial charge in [0.2, 0.25) is 0 Å². The Morgan fingerprint density at radius 1 is 0.853 bits per heavy atom. The van der Waals surface area contributed by atoms with E-state index in [2.05, 4.69) is 14.7 Å². The molecule has 0 spiro atoms. The van der Waals surface area contributed by atoms with Gasteiger partial charge in [0, 0.05) is 35.5 Å². The smallest absolute Gasteiger partial charge is 0.379 e. The molecule has 2 aromatic rings. The monoisotopic (exact) mass is 491 g/mol. The van der Waals surface area contributed by atoms with Crippen molar-refractivity contribution < 1.29 is 17.9 Å². The van der Waals surface area contributed by atoms with E-state index in [4.69, 9.17) is 4.74 Å². The van der Waals surface area contributed by atoms with Crippen LogP contribution in [-0.2, 0) is 10.9 Å². The molecule has 3 aliphatic heterocycles. The molecule has 4 nitrogen and oxygen atoms in total. The van der Waals surface area contributed by atoms with Crippen LogP contribution in [0.5, 0.6) is 0 Å². The number of alkyl halides is 3. The van der Waals surface area contributed by atoms with Gasteiger partial charge in [0.05, 0.1) is 30.2 Å². The molecule has 184 valence electrons. The molecular weight excluding hydrogens is 459 g/mol. The Hall–Kier alpha value is -1.74. The van der Waals surface area contributed by atoms with E-state index in [-0.39, 0.29) is 0 Å². The fraction of sp³-hybridized carbons (Fsp3) is 0.538. The van der Waals surface area contributed by atoms with Crippen LogP contribution < -0.4 is 4.90 Å². The molecule has 0 aliphatic carbocycles. The minimum absolute atomic E-state index is 0.584. The van der Waals surface area contributed by atoms with E-state index >= 15 is 0 Å². The number of anilines is 2. The molecular formula is C26H32F3N3OS. The lowest BCUT2D eigenvalue weighted by Crippen LogP contribution is -2.49. The summed E-state index contributed by atoms with van der Waals surface area (Å²) >= 11 is 1.55. The van der Waals surface area contributed by atoms with Crippen LogP contribution in [0.15, 0.2) is 52.3 Å². The third-order valence-electron chi connectivity index (χ3n) is 7.18. The van der Waals surface area contributed by atoms with Crippen LogP contribution >= 0.6 is 11.8 Å². The van der Waals surface area contributed by atoms with E-state index in [0.717, 1.165) is 80.8 Å². The number of ether oxygens (including phenoxy) is 1. The summed E-state index contributed by atoms with van der Waals surface area (Å²) in [5.74, 6) is 0. The van der Waals surface area contributed by atoms with Crippen LogP contribution in [0.1, 0.15) is 31.2 Å². The highest BCUT2D eigenvalue weighted by atomic mass is 32.2. The van der Waals surface area contributed by atoms with Crippen LogP contribution in [0.25, 0.3) is 0 Å². The first kappa shape index (κ1) is 24.0. The van der Waals surface area contributed by atoms with Crippen molar-refractivity contribution in [1.82, 2.24) is 9.80 Å². The van der Waals surface area contributed by atoms with Gasteiger partial charge >= 0.3 is 6.18 Å². The highest BCUT2D eigenvalue weighted by Gasteiger charge is 2.33. The third-order valence-corrected chi connectivity index (χ3v) is 8.31. The topological polar surface area (TPSA) is 19.0 Å². The van der Waals surface area contributed by atoms with Gasteiger partial charge in [0.1, 0.15) is 0 Å². The zero-order chi connectivity index (χ0) is 23.5. The number of benzene rings is 2. The lowest BCUT2D eigenvalue weighted by Gasteiger charge is -2.40. The molecule has 2 aromatic carbocycles. The van der Waals surface area contributed by atoms with E-state index in [1.807, 2.05) is 24.3 Å². The number of halogens is 3. The van der Waals surface area contributed by atoms with Crippen molar-refractivity contribution >= 4 is 23.1 Å². The van der Waals surface area contributed by atoms with E-state index in [0.29, 0.717) is 11.7 Å². The van der Waals surface area contributed by atoms with E-state index in [1.165, 1.54) is 25.0 Å². The van der Waals surface area contributed by atoms with E-state index < -0.39 is 11.7 Å². The largest absolute Gasteiger partial charge is 0.416 e. The number of piperidine rings is 1. The third kappa shape index (κ3) is 5.40. The molecule has 0 aromatic heterocycles. The Morgan fingerprint density at radius 2 is 1.56 bits per heavy atom. The maximum Gasteiger partial charge on any atom is 0.416 e. The van der Waals surface area contributed by atoms with Crippen LogP contribution in [-0.4, -0.2) is 68.3 Å². The maximum absolute atomic E-state index is 13.4. The summed E-state index contributed by atoms with van der Waals surface area (Å²) in [5.41, 5.74) is 1.09. The first-order valence-corrected chi connectivity index (χ1v) is 13.1. The number of likely N-dealkylation sites (tertiary alicyclic amines) is 1. The Kier molecular flexibility index (Phi) is 7.39. The average molecular weight is 492 g/mol. The van der Waals surface area contributed by atoms with Gasteiger partial charge in [-0.1, -0.05) is 23.9 Å². The van der Waals surface area contributed by atoms with E-state index in [1.54, 1.807) is 17.8 Å². The van der Waals surface area contributed by atoms with E-state index in [9.17, 15) is 13.2 Å². The number of hydrogen-bond acceptors (Lipinski definition) is 5. The Morgan fingerprint density at radius 3 is 2.32 bits per heavy atom. The molecule has 2 fully saturated rings. The number of rotatable bonds is 6. The quantitative estimate of drug-likeness (QED) is 0.468. The Balaban J connectivity index is 1.18. The minimum atomic E-state index is -4.34. The molecule has 3 heterocycles. The molecule has 8 heteroatoms. The summed E-state index contributed by atoms with van der Waals surface area (Å²) in [5, 5.41) is 0. The van der Waals surface area contributed by atoms with Crippen LogP contribution in [0.4, 0.5) is 24.5 Å². The van der Waals surface area contributed by atoms with Crippen molar-refractivity contribution in [3.63, 3.8) is 0 Å². The molecule has 0 N–H and O–H groups in total. The second-order valence-corrected chi connectivity index (χ2v) is 10.4. The predicted molar refractivity (Wildman–Crippen MR) is 130 cm³/mol. The summed E-state index contributed by atoms with van der Waals surface area (Å²) < 4.78 is 45.7. The van der Waals surface area contributed by atoms with Gasteiger partial charge < -0.3 is 14.5 Å². The maximum atomic E-state index is 13.4. The lowest BCUT2D eigenvalue weighted by molar-refractivity contribution is -0.137. The summed E-state index contributed by atoms with van der Waals surface area (Å²) in [6.07, 6.45) is 0.0741. The molecule has 5 rings (SSSR count). The molecule has 0 saturated carbocycles. The zero-order valence-electron chi connectivity index (χ0n) is 19.4. The molecule has 3 aliphatic rings. The van der Waals surface area contributed by atoms with Gasteiger partial charge in [-0.05, 0) is 75.6 Å². The highest BCUT2D eigenvalue weighted by molar-refractivity contribution is 7.99. The van der Waals surface area contributed by atoms with Crippen molar-refractivity contribution in [2.24, 2.45) is 0 Å². The number of unbranched alkanes of at least 4 members (excludes halogenated alkanes) is 1. The Bertz CT molecular complexity index is 972. The first-order chi connectivity index (χ1) is 16.5. The number of nitrogens with zero attached hydrogens (tertiary/aromatic N) is 3. The van der Waals surface area contributed by atoms with Gasteiger partial charge in [0.25, 0.3) is 0 Å². The van der Waals surface area contributed by atoms with Crippen molar-refractivity contribution in [3.05, 3.63) is 48.0 Å². The fourth-order valence-electron chi connectivity index (χ4n) is 5.30. The second-order valence-electron chi connectivity index (χ2n) is 9.33. The number of morpholine rings is 1. The van der Waals surface area contributed by atoms with Crippen molar-refractivity contribution in [1.29, 1.82) is 0 Å². The number of fused-ring (bicyclic) bond motifs is 2. The normalized spacial score (nSPS) is 20.3. The van der Waals surface area contributed by atoms with Crippen molar-refractivity contribution in [2.45, 2.75) is 47.7 Å². The van der Waals surface area contributed by atoms with Crippen LogP contribution in [0.2, 0.25) is 0 Å². The summed E-state index contributed by atoms with van der Waals surface area (Å²) in [7, 11) is 0. The highest BCUT2D eigenvalue weighted by Crippen LogP contribution is 2.49. The van der Waals surface area contributed by atoms with Gasteiger partial charge in [-0.25, -0.2) is 0 Å². The molecule has 34 heavy (non-hydrogen) atoms. The fourth-order valence-corrected chi connectivity index (χ4v) is 6.38. The first-order valence-electron chi connectivity index (χ1n) is 12.3. The number of para-hydroxylation sites is 1. The SMILES string of the molecule is FC(F)(F)c1ccc2c(c1)N(CCCCN1CCC(N3CCOCC3)CC1)c1ccccc1S2. The summed E-state index contributed by atoms with van der Waals surface area (Å²) in [6, 6.07) is 12.8. The summed E-state index contributed by atoms with van der Waals surface area (Å²) in [6.45, 7) is 7.84. The van der Waals surface area contributed by atoms with Crippen LogP contribution in [0.3, 0.4) is 0 Å². The molecule has 2 saturated heterocycles. The predicted octanol–water partition coefficient (Wildman–Crippen LogP) is 5.88. The van der Waals surface area contributed by atoms with Crippen LogP contribution in [0, 0.1) is 0 Å². The molecule has 0 atom stereocenters. The van der Waals surface area contributed by atoms with Gasteiger partial charge in [-0.2, -0.15) is 13.2 Å². The molecule has 0 radical (unpaired) electrons. The van der Waals surface area contributed by atoms with Crippen molar-refractivity contribution in [3.8, 4) is 0 Å². The molecule has 0 unspecified atom stereocenters. The Labute approximate surface area is 204 Å². The standard InChI is InChI=1S/C26H32F3N3OS/c27-26(28,29)20-7-8-25-23(19-20)32(22-5-1-2-6-24(22)34-25)12-4-3-11-30-13-9-21(10-14-30)31-15-17-33-18-16-31/h1-2,5-8,19,21H,3-4,9-18H2. The number of hydrogen-bond donors (Lipinski definition) is 0. The lowest BCUT2D eigenvalue weighted by atomic mass is 10.0. The molecule has 0 bridgehead atoms. The minimum Gasteiger partial charge on any atom is -0.379 e. The average Bonchev–Trinajstić information content (AvgIpc) is 2.86. The molecule has 0 amide bonds. The van der Waals surface area contributed by atoms with Gasteiger partial charge in [-0.15, -0.1) is 0 Å². The summed E-state index contributed by atoms with van der Waals surface area (Å²) in [4.78, 5) is 9.20. The van der Waals surface area contributed by atoms with Gasteiger partial charge in [0.15, 0.2) is 0 Å². The van der Waals surface area contributed by atoms with Crippen molar-refractivity contribution in [2.75, 3.05) is 57.4 Å².